The lowest BCUT2D eigenvalue weighted by Crippen LogP contribution is -2.28. The number of ether oxygens (including phenoxy) is 1. The number of nitrogens with two attached hydrogens (primary N) is 1. The van der Waals surface area contributed by atoms with Gasteiger partial charge in [-0.05, 0) is 74.1 Å². The minimum atomic E-state index is 0. The van der Waals surface area contributed by atoms with Gasteiger partial charge in [-0.1, -0.05) is 18.9 Å². The standard InChI is InChI=1S/C20H31N3O.HI/c1-2-24-13-12-20(10-3-4-11-20)15-22-19(21)23-18-9-8-16-6-5-7-17(16)14-18;/h8-9,14H,2-7,10-13,15H2,1H3,(H3,21,22,23);1H. The van der Waals surface area contributed by atoms with Crippen molar-refractivity contribution in [1.29, 1.82) is 0 Å². The number of guanidine groups is 1. The molecule has 140 valence electrons. The molecule has 0 unspecified atom stereocenters. The van der Waals surface area contributed by atoms with E-state index in [-0.39, 0.29) is 24.0 Å². The first kappa shape index (κ1) is 20.5. The lowest BCUT2D eigenvalue weighted by atomic mass is 9.83. The van der Waals surface area contributed by atoms with Crippen molar-refractivity contribution in [2.45, 2.75) is 58.3 Å². The number of rotatable bonds is 7. The average Bonchev–Trinajstić information content (AvgIpc) is 3.22. The van der Waals surface area contributed by atoms with Crippen LogP contribution >= 0.6 is 24.0 Å². The summed E-state index contributed by atoms with van der Waals surface area (Å²) in [5.41, 5.74) is 10.4. The van der Waals surface area contributed by atoms with Crippen LogP contribution in [0.5, 0.6) is 0 Å². The number of aliphatic imine (C=N–C) groups is 1. The maximum absolute atomic E-state index is 6.15. The zero-order valence-electron chi connectivity index (χ0n) is 15.4. The number of halogens is 1. The van der Waals surface area contributed by atoms with Crippen molar-refractivity contribution < 1.29 is 4.74 Å². The van der Waals surface area contributed by atoms with Crippen LogP contribution in [0.25, 0.3) is 0 Å². The minimum Gasteiger partial charge on any atom is -0.382 e. The molecule has 3 rings (SSSR count). The molecule has 2 aliphatic carbocycles. The summed E-state index contributed by atoms with van der Waals surface area (Å²) in [6.07, 6.45) is 9.86. The van der Waals surface area contributed by atoms with Crippen LogP contribution in [-0.4, -0.2) is 25.7 Å². The van der Waals surface area contributed by atoms with E-state index in [1.807, 2.05) is 0 Å². The summed E-state index contributed by atoms with van der Waals surface area (Å²) in [7, 11) is 0. The quantitative estimate of drug-likeness (QED) is 0.274. The van der Waals surface area contributed by atoms with Gasteiger partial charge in [0.2, 0.25) is 0 Å². The van der Waals surface area contributed by atoms with Crippen molar-refractivity contribution in [2.24, 2.45) is 16.1 Å². The van der Waals surface area contributed by atoms with E-state index in [1.165, 1.54) is 56.1 Å². The Hall–Kier alpha value is -0.820. The van der Waals surface area contributed by atoms with E-state index < -0.39 is 0 Å². The van der Waals surface area contributed by atoms with Crippen LogP contribution < -0.4 is 11.1 Å². The Bertz CT molecular complexity index is 582. The molecule has 3 N–H and O–H groups in total. The lowest BCUT2D eigenvalue weighted by molar-refractivity contribution is 0.107. The second-order valence-electron chi connectivity index (χ2n) is 7.32. The van der Waals surface area contributed by atoms with Gasteiger partial charge in [-0.2, -0.15) is 0 Å². The number of nitrogens with zero attached hydrogens (tertiary/aromatic N) is 1. The van der Waals surface area contributed by atoms with Gasteiger partial charge >= 0.3 is 0 Å². The molecule has 1 aromatic carbocycles. The summed E-state index contributed by atoms with van der Waals surface area (Å²) < 4.78 is 5.57. The van der Waals surface area contributed by atoms with E-state index in [9.17, 15) is 0 Å². The summed E-state index contributed by atoms with van der Waals surface area (Å²) in [5.74, 6) is 0.538. The SMILES string of the molecule is CCOCCC1(CN=C(N)Nc2ccc3c(c2)CCC3)CCCC1.I. The molecule has 0 bridgehead atoms. The summed E-state index contributed by atoms with van der Waals surface area (Å²) in [4.78, 5) is 4.67. The zero-order valence-corrected chi connectivity index (χ0v) is 17.7. The van der Waals surface area contributed by atoms with Crippen LogP contribution in [0.4, 0.5) is 5.69 Å². The van der Waals surface area contributed by atoms with Gasteiger partial charge in [0.15, 0.2) is 5.96 Å². The van der Waals surface area contributed by atoms with Gasteiger partial charge in [-0.25, -0.2) is 0 Å². The fourth-order valence-electron chi connectivity index (χ4n) is 4.14. The molecule has 1 fully saturated rings. The summed E-state index contributed by atoms with van der Waals surface area (Å²) in [6, 6.07) is 6.57. The second-order valence-corrected chi connectivity index (χ2v) is 7.32. The molecule has 4 nitrogen and oxygen atoms in total. The first-order chi connectivity index (χ1) is 11.7. The van der Waals surface area contributed by atoms with Gasteiger partial charge in [-0.15, -0.1) is 24.0 Å². The Labute approximate surface area is 169 Å². The molecule has 0 aliphatic heterocycles. The molecule has 0 aromatic heterocycles. The van der Waals surface area contributed by atoms with Gasteiger partial charge in [0.25, 0.3) is 0 Å². The zero-order chi connectivity index (χ0) is 16.8. The Kier molecular flexibility index (Phi) is 8.00. The number of anilines is 1. The molecule has 0 amide bonds. The lowest BCUT2D eigenvalue weighted by Gasteiger charge is -2.27. The largest absolute Gasteiger partial charge is 0.382 e. The third-order valence-electron chi connectivity index (χ3n) is 5.60. The number of nitrogens with one attached hydrogen (secondary N) is 1. The Balaban J connectivity index is 0.00000225. The van der Waals surface area contributed by atoms with Gasteiger partial charge < -0.3 is 15.8 Å². The third kappa shape index (κ3) is 5.58. The summed E-state index contributed by atoms with van der Waals surface area (Å²) >= 11 is 0. The van der Waals surface area contributed by atoms with E-state index in [1.54, 1.807) is 0 Å². The van der Waals surface area contributed by atoms with Crippen LogP contribution in [0.15, 0.2) is 23.2 Å². The molecule has 0 atom stereocenters. The van der Waals surface area contributed by atoms with Crippen molar-refractivity contribution in [3.8, 4) is 0 Å². The highest BCUT2D eigenvalue weighted by molar-refractivity contribution is 14.0. The van der Waals surface area contributed by atoms with E-state index >= 15 is 0 Å². The van der Waals surface area contributed by atoms with Crippen LogP contribution in [-0.2, 0) is 17.6 Å². The van der Waals surface area contributed by atoms with Crippen molar-refractivity contribution in [1.82, 2.24) is 0 Å². The maximum atomic E-state index is 6.15. The average molecular weight is 457 g/mol. The third-order valence-corrected chi connectivity index (χ3v) is 5.60. The fourth-order valence-corrected chi connectivity index (χ4v) is 4.14. The van der Waals surface area contributed by atoms with Crippen molar-refractivity contribution in [3.05, 3.63) is 29.3 Å². The molecule has 1 aromatic rings. The van der Waals surface area contributed by atoms with Crippen molar-refractivity contribution >= 4 is 35.6 Å². The highest BCUT2D eigenvalue weighted by atomic mass is 127. The molecule has 0 heterocycles. The van der Waals surface area contributed by atoms with E-state index in [0.717, 1.165) is 31.9 Å². The normalized spacial score (nSPS) is 18.7. The Morgan fingerprint density at radius 1 is 1.20 bits per heavy atom. The number of hydrogen-bond acceptors (Lipinski definition) is 2. The molecular formula is C20H32IN3O. The highest BCUT2D eigenvalue weighted by Gasteiger charge is 2.33. The first-order valence-corrected chi connectivity index (χ1v) is 9.47. The smallest absolute Gasteiger partial charge is 0.193 e. The van der Waals surface area contributed by atoms with Crippen LogP contribution in [0.2, 0.25) is 0 Å². The van der Waals surface area contributed by atoms with Crippen LogP contribution in [0.3, 0.4) is 0 Å². The van der Waals surface area contributed by atoms with Gasteiger partial charge in [-0.3, -0.25) is 4.99 Å². The maximum Gasteiger partial charge on any atom is 0.193 e. The fraction of sp³-hybridized carbons (Fsp3) is 0.650. The molecule has 0 radical (unpaired) electrons. The number of hydrogen-bond donors (Lipinski definition) is 2. The monoisotopic (exact) mass is 457 g/mol. The van der Waals surface area contributed by atoms with Crippen LogP contribution in [0, 0.1) is 5.41 Å². The van der Waals surface area contributed by atoms with Crippen molar-refractivity contribution in [3.63, 3.8) is 0 Å². The van der Waals surface area contributed by atoms with Crippen molar-refractivity contribution in [2.75, 3.05) is 25.1 Å². The van der Waals surface area contributed by atoms with Gasteiger partial charge in [0.1, 0.15) is 0 Å². The summed E-state index contributed by atoms with van der Waals surface area (Å²) in [6.45, 7) is 4.49. The predicted molar refractivity (Wildman–Crippen MR) is 116 cm³/mol. The minimum absolute atomic E-state index is 0. The molecule has 0 saturated heterocycles. The second kappa shape index (κ2) is 9.76. The number of benzene rings is 1. The number of fused-ring (bicyclic) bond motifs is 1. The first-order valence-electron chi connectivity index (χ1n) is 9.47. The molecule has 25 heavy (non-hydrogen) atoms. The highest BCUT2D eigenvalue weighted by Crippen LogP contribution is 2.41. The molecule has 2 aliphatic rings. The van der Waals surface area contributed by atoms with Crippen LogP contribution in [0.1, 0.15) is 56.6 Å². The molecule has 1 saturated carbocycles. The van der Waals surface area contributed by atoms with E-state index in [2.05, 4.69) is 35.4 Å². The topological polar surface area (TPSA) is 59.6 Å². The Morgan fingerprint density at radius 3 is 2.72 bits per heavy atom. The van der Waals surface area contributed by atoms with E-state index in [4.69, 9.17) is 10.5 Å². The van der Waals surface area contributed by atoms with Gasteiger partial charge in [0.05, 0.1) is 0 Å². The molecule has 5 heteroatoms. The van der Waals surface area contributed by atoms with E-state index in [0.29, 0.717) is 11.4 Å². The van der Waals surface area contributed by atoms with Gasteiger partial charge in [0, 0.05) is 25.4 Å². The summed E-state index contributed by atoms with van der Waals surface area (Å²) in [5, 5.41) is 3.28. The molecule has 0 spiro atoms. The molecular weight excluding hydrogens is 425 g/mol. The Morgan fingerprint density at radius 2 is 1.96 bits per heavy atom. The number of aryl methyl sites for hydroxylation is 2. The predicted octanol–water partition coefficient (Wildman–Crippen LogP) is 4.51.